The van der Waals surface area contributed by atoms with Crippen molar-refractivity contribution in [3.63, 3.8) is 0 Å². The van der Waals surface area contributed by atoms with E-state index in [9.17, 15) is 0 Å². The predicted molar refractivity (Wildman–Crippen MR) is 65.8 cm³/mol. The number of hydrogen-bond donors (Lipinski definition) is 2. The van der Waals surface area contributed by atoms with Crippen LogP contribution in [0.1, 0.15) is 11.1 Å². The van der Waals surface area contributed by atoms with Crippen molar-refractivity contribution in [1.82, 2.24) is 4.98 Å². The molecule has 0 unspecified atom stereocenters. The number of anilines is 2. The molecule has 4 heteroatoms. The van der Waals surface area contributed by atoms with Crippen molar-refractivity contribution in [3.8, 4) is 11.3 Å². The third-order valence-electron chi connectivity index (χ3n) is 2.32. The molecule has 2 rings (SSSR count). The molecule has 3 nitrogen and oxygen atoms in total. The molecule has 0 aliphatic rings. The molecule has 4 N–H and O–H groups in total. The lowest BCUT2D eigenvalue weighted by atomic mass is 10.0. The van der Waals surface area contributed by atoms with E-state index in [-0.39, 0.29) is 0 Å². The Labute approximate surface area is 92.8 Å². The summed E-state index contributed by atoms with van der Waals surface area (Å²) in [7, 11) is 0. The van der Waals surface area contributed by atoms with Crippen LogP contribution in [-0.4, -0.2) is 4.98 Å². The highest BCUT2D eigenvalue weighted by Gasteiger charge is 2.11. The zero-order chi connectivity index (χ0) is 11.0. The number of aromatic nitrogens is 1. The first-order valence-electron chi connectivity index (χ1n) is 4.67. The standard InChI is InChI=1S/C11H13N3S/c1-6-3-4-7(2)8(5-6)9-10(12)15-11(13)14-9/h3-5H,12H2,1-2H3,(H2,13,14). The summed E-state index contributed by atoms with van der Waals surface area (Å²) in [4.78, 5) is 4.25. The molecule has 0 bridgehead atoms. The molecule has 0 aliphatic heterocycles. The highest BCUT2D eigenvalue weighted by atomic mass is 32.1. The summed E-state index contributed by atoms with van der Waals surface area (Å²) in [5, 5.41) is 1.20. The topological polar surface area (TPSA) is 64.9 Å². The third-order valence-corrected chi connectivity index (χ3v) is 3.03. The van der Waals surface area contributed by atoms with Gasteiger partial charge in [0.15, 0.2) is 5.13 Å². The Kier molecular flexibility index (Phi) is 2.36. The van der Waals surface area contributed by atoms with Gasteiger partial charge in [-0.25, -0.2) is 4.98 Å². The molecule has 0 atom stereocenters. The van der Waals surface area contributed by atoms with E-state index < -0.39 is 0 Å². The molecule has 0 saturated heterocycles. The zero-order valence-electron chi connectivity index (χ0n) is 8.74. The van der Waals surface area contributed by atoms with Gasteiger partial charge in [0.2, 0.25) is 0 Å². The number of rotatable bonds is 1. The highest BCUT2D eigenvalue weighted by molar-refractivity contribution is 7.19. The molecule has 1 heterocycles. The maximum absolute atomic E-state index is 5.87. The number of hydrogen-bond acceptors (Lipinski definition) is 4. The van der Waals surface area contributed by atoms with E-state index >= 15 is 0 Å². The van der Waals surface area contributed by atoms with Crippen LogP contribution in [0.3, 0.4) is 0 Å². The van der Waals surface area contributed by atoms with Crippen LogP contribution in [-0.2, 0) is 0 Å². The quantitative estimate of drug-likeness (QED) is 0.774. The lowest BCUT2D eigenvalue weighted by Crippen LogP contribution is -1.90. The summed E-state index contributed by atoms with van der Waals surface area (Å²) in [6.07, 6.45) is 0. The van der Waals surface area contributed by atoms with Gasteiger partial charge in [0.1, 0.15) is 10.7 Å². The van der Waals surface area contributed by atoms with Crippen LogP contribution in [0.5, 0.6) is 0 Å². The maximum Gasteiger partial charge on any atom is 0.182 e. The van der Waals surface area contributed by atoms with Crippen LogP contribution in [0.2, 0.25) is 0 Å². The van der Waals surface area contributed by atoms with Gasteiger partial charge in [-0.1, -0.05) is 29.0 Å². The SMILES string of the molecule is Cc1ccc(C)c(-c2nc(N)sc2N)c1. The van der Waals surface area contributed by atoms with Crippen molar-refractivity contribution < 1.29 is 0 Å². The number of thiazole rings is 1. The first kappa shape index (κ1) is 9.98. The molecule has 1 aromatic heterocycles. The van der Waals surface area contributed by atoms with E-state index in [1.54, 1.807) is 0 Å². The number of nitrogens with two attached hydrogens (primary N) is 2. The summed E-state index contributed by atoms with van der Waals surface area (Å²) in [6.45, 7) is 4.10. The van der Waals surface area contributed by atoms with E-state index in [2.05, 4.69) is 30.1 Å². The van der Waals surface area contributed by atoms with E-state index in [1.807, 2.05) is 6.92 Å². The monoisotopic (exact) mass is 219 g/mol. The largest absolute Gasteiger partial charge is 0.389 e. The normalized spacial score (nSPS) is 10.5. The van der Waals surface area contributed by atoms with Gasteiger partial charge < -0.3 is 11.5 Å². The van der Waals surface area contributed by atoms with Crippen molar-refractivity contribution >= 4 is 21.5 Å². The second kappa shape index (κ2) is 3.55. The summed E-state index contributed by atoms with van der Waals surface area (Å²) in [5.41, 5.74) is 15.7. The van der Waals surface area contributed by atoms with Crippen LogP contribution in [0.4, 0.5) is 10.1 Å². The number of benzene rings is 1. The fraction of sp³-hybridized carbons (Fsp3) is 0.182. The Hall–Kier alpha value is -1.55. The minimum atomic E-state index is 0.517. The van der Waals surface area contributed by atoms with Crippen LogP contribution in [0, 0.1) is 13.8 Å². The van der Waals surface area contributed by atoms with Gasteiger partial charge in [0.25, 0.3) is 0 Å². The molecule has 1 aromatic carbocycles. The van der Waals surface area contributed by atoms with Gasteiger partial charge in [-0.15, -0.1) is 0 Å². The zero-order valence-corrected chi connectivity index (χ0v) is 9.56. The minimum absolute atomic E-state index is 0.517. The van der Waals surface area contributed by atoms with Crippen molar-refractivity contribution in [3.05, 3.63) is 29.3 Å². The Bertz CT molecular complexity index is 503. The lowest BCUT2D eigenvalue weighted by molar-refractivity contribution is 1.34. The van der Waals surface area contributed by atoms with Gasteiger partial charge >= 0.3 is 0 Å². The molecule has 0 saturated carbocycles. The fourth-order valence-corrected chi connectivity index (χ4v) is 2.15. The minimum Gasteiger partial charge on any atom is -0.389 e. The van der Waals surface area contributed by atoms with Crippen LogP contribution < -0.4 is 11.5 Å². The second-order valence-electron chi connectivity index (χ2n) is 3.58. The summed E-state index contributed by atoms with van der Waals surface area (Å²) < 4.78 is 0. The first-order chi connectivity index (χ1) is 7.08. The van der Waals surface area contributed by atoms with Crippen LogP contribution in [0.25, 0.3) is 11.3 Å². The summed E-state index contributed by atoms with van der Waals surface area (Å²) in [5.74, 6) is 0. The molecule has 0 radical (unpaired) electrons. The molecule has 78 valence electrons. The molecule has 0 aliphatic carbocycles. The van der Waals surface area contributed by atoms with Gasteiger partial charge in [-0.3, -0.25) is 0 Å². The van der Waals surface area contributed by atoms with Gasteiger partial charge in [-0.2, -0.15) is 0 Å². The lowest BCUT2D eigenvalue weighted by Gasteiger charge is -2.04. The maximum atomic E-state index is 5.87. The predicted octanol–water partition coefficient (Wildman–Crippen LogP) is 2.59. The Balaban J connectivity index is 2.62. The van der Waals surface area contributed by atoms with Crippen molar-refractivity contribution in [2.45, 2.75) is 13.8 Å². The molecule has 0 fully saturated rings. The molecular weight excluding hydrogens is 206 g/mol. The van der Waals surface area contributed by atoms with E-state index in [4.69, 9.17) is 11.5 Å². The van der Waals surface area contributed by atoms with E-state index in [1.165, 1.54) is 16.9 Å². The number of aryl methyl sites for hydroxylation is 2. The number of nitrogens with zero attached hydrogens (tertiary/aromatic N) is 1. The van der Waals surface area contributed by atoms with E-state index in [0.29, 0.717) is 10.1 Å². The van der Waals surface area contributed by atoms with Gasteiger partial charge in [0, 0.05) is 5.56 Å². The molecule has 15 heavy (non-hydrogen) atoms. The van der Waals surface area contributed by atoms with Crippen molar-refractivity contribution in [2.24, 2.45) is 0 Å². The Morgan fingerprint density at radius 1 is 1.20 bits per heavy atom. The van der Waals surface area contributed by atoms with Crippen molar-refractivity contribution in [2.75, 3.05) is 11.5 Å². The fourth-order valence-electron chi connectivity index (χ4n) is 1.53. The van der Waals surface area contributed by atoms with Crippen LogP contribution in [0.15, 0.2) is 18.2 Å². The molecule has 0 spiro atoms. The second-order valence-corrected chi connectivity index (χ2v) is 4.65. The highest BCUT2D eigenvalue weighted by Crippen LogP contribution is 2.33. The smallest absolute Gasteiger partial charge is 0.182 e. The average Bonchev–Trinajstić information content (AvgIpc) is 2.50. The van der Waals surface area contributed by atoms with E-state index in [0.717, 1.165) is 16.8 Å². The first-order valence-corrected chi connectivity index (χ1v) is 5.49. The Morgan fingerprint density at radius 2 is 1.93 bits per heavy atom. The van der Waals surface area contributed by atoms with Crippen molar-refractivity contribution in [1.29, 1.82) is 0 Å². The van der Waals surface area contributed by atoms with Gasteiger partial charge in [-0.05, 0) is 25.5 Å². The Morgan fingerprint density at radius 3 is 2.53 bits per heavy atom. The van der Waals surface area contributed by atoms with Crippen LogP contribution >= 0.6 is 11.3 Å². The molecule has 2 aromatic rings. The molecule has 0 amide bonds. The average molecular weight is 219 g/mol. The third kappa shape index (κ3) is 1.80. The summed E-state index contributed by atoms with van der Waals surface area (Å²) in [6, 6.07) is 6.23. The molecular formula is C11H13N3S. The number of nitrogen functional groups attached to an aromatic ring is 2. The summed E-state index contributed by atoms with van der Waals surface area (Å²) >= 11 is 1.32. The van der Waals surface area contributed by atoms with Gasteiger partial charge in [0.05, 0.1) is 0 Å².